The summed E-state index contributed by atoms with van der Waals surface area (Å²) in [5.74, 6) is -0.938. The fourth-order valence-electron chi connectivity index (χ4n) is 3.28. The lowest BCUT2D eigenvalue weighted by Gasteiger charge is -2.30. The van der Waals surface area contributed by atoms with E-state index in [1.807, 2.05) is 0 Å². The minimum Gasteiger partial charge on any atom is -0.370 e. The molecule has 0 spiro atoms. The zero-order chi connectivity index (χ0) is 18.7. The summed E-state index contributed by atoms with van der Waals surface area (Å²) < 4.78 is 13.8. The highest BCUT2D eigenvalue weighted by Gasteiger charge is 2.21. The first kappa shape index (κ1) is 17.8. The van der Waals surface area contributed by atoms with Gasteiger partial charge in [-0.05, 0) is 50.5 Å². The van der Waals surface area contributed by atoms with Gasteiger partial charge in [-0.2, -0.15) is 0 Å². The van der Waals surface area contributed by atoms with Crippen molar-refractivity contribution in [3.05, 3.63) is 63.5 Å². The summed E-state index contributed by atoms with van der Waals surface area (Å²) in [5, 5.41) is 13.8. The van der Waals surface area contributed by atoms with Crippen LogP contribution in [0.3, 0.4) is 0 Å². The Hall–Kier alpha value is -2.96. The fraction of sp³-hybridized carbons (Fsp3) is 0.316. The number of benzene rings is 2. The second kappa shape index (κ2) is 7.51. The van der Waals surface area contributed by atoms with E-state index >= 15 is 0 Å². The first-order valence-electron chi connectivity index (χ1n) is 8.57. The molecule has 0 aliphatic carbocycles. The van der Waals surface area contributed by atoms with Crippen molar-refractivity contribution in [1.29, 1.82) is 0 Å². The highest BCUT2D eigenvalue weighted by atomic mass is 19.1. The predicted molar refractivity (Wildman–Crippen MR) is 98.3 cm³/mol. The molecule has 6 nitrogen and oxygen atoms in total. The van der Waals surface area contributed by atoms with Crippen LogP contribution in [0.5, 0.6) is 0 Å². The van der Waals surface area contributed by atoms with E-state index in [1.165, 1.54) is 37.3 Å². The Morgan fingerprint density at radius 3 is 2.62 bits per heavy atom. The zero-order valence-corrected chi connectivity index (χ0v) is 14.5. The van der Waals surface area contributed by atoms with Crippen molar-refractivity contribution in [3.8, 4) is 0 Å². The Morgan fingerprint density at radius 1 is 1.19 bits per heavy atom. The third kappa shape index (κ3) is 3.66. The molecule has 2 aromatic carbocycles. The third-order valence-electron chi connectivity index (χ3n) is 4.65. The van der Waals surface area contributed by atoms with E-state index in [0.717, 1.165) is 38.0 Å². The monoisotopic (exact) mass is 357 g/mol. The van der Waals surface area contributed by atoms with Crippen LogP contribution in [-0.2, 0) is 0 Å². The Labute approximate surface area is 150 Å². The first-order valence-corrected chi connectivity index (χ1v) is 8.57. The van der Waals surface area contributed by atoms with Gasteiger partial charge in [-0.3, -0.25) is 14.9 Å². The number of amides is 1. The summed E-state index contributed by atoms with van der Waals surface area (Å²) in [6.07, 6.45) is 3.26. The largest absolute Gasteiger partial charge is 0.370 e. The lowest BCUT2D eigenvalue weighted by Crippen LogP contribution is -2.30. The van der Waals surface area contributed by atoms with Gasteiger partial charge >= 0.3 is 0 Å². The molecular formula is C19H20FN3O3. The molecule has 26 heavy (non-hydrogen) atoms. The average molecular weight is 357 g/mol. The van der Waals surface area contributed by atoms with E-state index in [4.69, 9.17) is 0 Å². The first-order chi connectivity index (χ1) is 12.5. The van der Waals surface area contributed by atoms with Gasteiger partial charge in [-0.25, -0.2) is 4.39 Å². The number of piperidine rings is 1. The number of carbonyl (C=O) groups excluding carboxylic acids is 1. The van der Waals surface area contributed by atoms with Crippen molar-refractivity contribution < 1.29 is 14.1 Å². The van der Waals surface area contributed by atoms with E-state index in [1.54, 1.807) is 6.07 Å². The standard InChI is InChI=1S/C19H20FN3O3/c1-13-15(6-5-7-17(13)23(25)26)19(24)21-16-12-14(20)8-9-18(16)22-10-3-2-4-11-22/h5-9,12H,2-4,10-11H2,1H3,(H,21,24). The van der Waals surface area contributed by atoms with Crippen molar-refractivity contribution in [2.75, 3.05) is 23.3 Å². The van der Waals surface area contributed by atoms with Crippen LogP contribution in [0, 0.1) is 22.9 Å². The van der Waals surface area contributed by atoms with Crippen LogP contribution in [-0.4, -0.2) is 23.9 Å². The molecule has 0 radical (unpaired) electrons. The quantitative estimate of drug-likeness (QED) is 0.654. The molecule has 2 aromatic rings. The molecule has 1 aliphatic rings. The summed E-state index contributed by atoms with van der Waals surface area (Å²) in [6, 6.07) is 8.67. The Morgan fingerprint density at radius 2 is 1.92 bits per heavy atom. The minimum atomic E-state index is -0.520. The average Bonchev–Trinajstić information content (AvgIpc) is 2.62. The van der Waals surface area contributed by atoms with Crippen LogP contribution in [0.15, 0.2) is 36.4 Å². The van der Waals surface area contributed by atoms with Crippen molar-refractivity contribution in [1.82, 2.24) is 0 Å². The van der Waals surface area contributed by atoms with Gasteiger partial charge in [-0.1, -0.05) is 6.07 Å². The number of hydrogen-bond acceptors (Lipinski definition) is 4. The normalized spacial score (nSPS) is 14.2. The number of nitro groups is 1. The molecule has 1 heterocycles. The third-order valence-corrected chi connectivity index (χ3v) is 4.65. The van der Waals surface area contributed by atoms with E-state index in [0.29, 0.717) is 5.69 Å². The summed E-state index contributed by atoms with van der Waals surface area (Å²) >= 11 is 0. The topological polar surface area (TPSA) is 75.5 Å². The number of nitrogens with one attached hydrogen (secondary N) is 1. The second-order valence-electron chi connectivity index (χ2n) is 6.37. The lowest BCUT2D eigenvalue weighted by molar-refractivity contribution is -0.385. The van der Waals surface area contributed by atoms with E-state index in [-0.39, 0.29) is 16.8 Å². The van der Waals surface area contributed by atoms with Gasteiger partial charge in [0.2, 0.25) is 0 Å². The van der Waals surface area contributed by atoms with E-state index < -0.39 is 16.6 Å². The number of hydrogen-bond donors (Lipinski definition) is 1. The molecule has 1 amide bonds. The lowest BCUT2D eigenvalue weighted by atomic mass is 10.1. The van der Waals surface area contributed by atoms with Crippen LogP contribution in [0.2, 0.25) is 0 Å². The molecule has 0 unspecified atom stereocenters. The molecular weight excluding hydrogens is 337 g/mol. The minimum absolute atomic E-state index is 0.117. The van der Waals surface area contributed by atoms with Crippen molar-refractivity contribution in [2.45, 2.75) is 26.2 Å². The highest BCUT2D eigenvalue weighted by molar-refractivity contribution is 6.07. The van der Waals surface area contributed by atoms with Crippen LogP contribution < -0.4 is 10.2 Å². The molecule has 3 rings (SSSR count). The Kier molecular flexibility index (Phi) is 5.16. The molecule has 1 N–H and O–H groups in total. The molecule has 0 atom stereocenters. The number of rotatable bonds is 4. The SMILES string of the molecule is Cc1c(C(=O)Nc2cc(F)ccc2N2CCCCC2)cccc1[N+](=O)[O-]. The predicted octanol–water partition coefficient (Wildman–Crippen LogP) is 4.28. The molecule has 0 saturated carbocycles. The molecule has 1 aliphatic heterocycles. The molecule has 0 aromatic heterocycles. The maximum absolute atomic E-state index is 13.8. The number of nitro benzene ring substituents is 1. The Bertz CT molecular complexity index is 848. The molecule has 136 valence electrons. The van der Waals surface area contributed by atoms with Crippen molar-refractivity contribution in [3.63, 3.8) is 0 Å². The molecule has 1 saturated heterocycles. The van der Waals surface area contributed by atoms with Crippen LogP contribution in [0.25, 0.3) is 0 Å². The fourth-order valence-corrected chi connectivity index (χ4v) is 3.28. The Balaban J connectivity index is 1.91. The van der Waals surface area contributed by atoms with Gasteiger partial charge < -0.3 is 10.2 Å². The van der Waals surface area contributed by atoms with Crippen LogP contribution >= 0.6 is 0 Å². The van der Waals surface area contributed by atoms with Gasteiger partial charge in [0.05, 0.1) is 16.3 Å². The van der Waals surface area contributed by atoms with Gasteiger partial charge in [0, 0.05) is 30.3 Å². The smallest absolute Gasteiger partial charge is 0.273 e. The van der Waals surface area contributed by atoms with Gasteiger partial charge in [0.1, 0.15) is 5.82 Å². The number of anilines is 2. The summed E-state index contributed by atoms with van der Waals surface area (Å²) in [7, 11) is 0. The summed E-state index contributed by atoms with van der Waals surface area (Å²) in [6.45, 7) is 3.23. The summed E-state index contributed by atoms with van der Waals surface area (Å²) in [5.41, 5.74) is 1.51. The van der Waals surface area contributed by atoms with Crippen LogP contribution in [0.1, 0.15) is 35.2 Å². The van der Waals surface area contributed by atoms with Gasteiger partial charge in [-0.15, -0.1) is 0 Å². The van der Waals surface area contributed by atoms with Crippen molar-refractivity contribution >= 4 is 23.0 Å². The van der Waals surface area contributed by atoms with Gasteiger partial charge in [0.15, 0.2) is 0 Å². The maximum atomic E-state index is 13.8. The molecule has 0 bridgehead atoms. The highest BCUT2D eigenvalue weighted by Crippen LogP contribution is 2.30. The summed E-state index contributed by atoms with van der Waals surface area (Å²) in [4.78, 5) is 25.4. The maximum Gasteiger partial charge on any atom is 0.273 e. The number of nitrogens with zero attached hydrogens (tertiary/aromatic N) is 2. The number of carbonyl (C=O) groups is 1. The number of halogens is 1. The molecule has 7 heteroatoms. The van der Waals surface area contributed by atoms with Gasteiger partial charge in [0.25, 0.3) is 11.6 Å². The van der Waals surface area contributed by atoms with Crippen LogP contribution in [0.4, 0.5) is 21.5 Å². The zero-order valence-electron chi connectivity index (χ0n) is 14.5. The van der Waals surface area contributed by atoms with Crippen molar-refractivity contribution in [2.24, 2.45) is 0 Å². The van der Waals surface area contributed by atoms with E-state index in [2.05, 4.69) is 10.2 Å². The second-order valence-corrected chi connectivity index (χ2v) is 6.37. The molecule has 1 fully saturated rings. The van der Waals surface area contributed by atoms with E-state index in [9.17, 15) is 19.3 Å².